The maximum absolute atomic E-state index is 13.6. The molecule has 1 atom stereocenters. The molecule has 1 unspecified atom stereocenters. The molecule has 86 valence electrons. The fourth-order valence-electron chi connectivity index (χ4n) is 2.09. The molecule has 1 aliphatic rings. The molecule has 0 saturated carbocycles. The first-order chi connectivity index (χ1) is 7.59. The number of hydrogen-bond donors (Lipinski definition) is 1. The number of nitrogens with zero attached hydrogens (tertiary/aromatic N) is 1. The van der Waals surface area contributed by atoms with Crippen LogP contribution in [0.4, 0.5) is 9.18 Å². The molecule has 0 aromatic heterocycles. The van der Waals surface area contributed by atoms with Gasteiger partial charge in [0.2, 0.25) is 0 Å². The van der Waals surface area contributed by atoms with Crippen molar-refractivity contribution in [2.45, 2.75) is 18.9 Å². The summed E-state index contributed by atoms with van der Waals surface area (Å²) < 4.78 is 13.6. The molecule has 0 aliphatic carbocycles. The number of benzene rings is 1. The Morgan fingerprint density at radius 3 is 2.94 bits per heavy atom. The average molecular weight is 244 g/mol. The average Bonchev–Trinajstić information content (AvgIpc) is 2.66. The van der Waals surface area contributed by atoms with E-state index in [4.69, 9.17) is 16.7 Å². The van der Waals surface area contributed by atoms with Crippen LogP contribution in [0.15, 0.2) is 18.2 Å². The molecule has 1 aromatic rings. The van der Waals surface area contributed by atoms with Gasteiger partial charge in [-0.3, -0.25) is 0 Å². The molecule has 3 nitrogen and oxygen atoms in total. The zero-order chi connectivity index (χ0) is 11.7. The Morgan fingerprint density at radius 1 is 1.56 bits per heavy atom. The van der Waals surface area contributed by atoms with Crippen molar-refractivity contribution in [1.29, 1.82) is 0 Å². The molecule has 1 amide bonds. The normalized spacial score (nSPS) is 20.1. The lowest BCUT2D eigenvalue weighted by Gasteiger charge is -2.22. The third-order valence-electron chi connectivity index (χ3n) is 2.82. The number of likely N-dealkylation sites (tertiary alicyclic amines) is 1. The molecule has 1 aromatic carbocycles. The second-order valence-electron chi connectivity index (χ2n) is 3.80. The zero-order valence-corrected chi connectivity index (χ0v) is 9.25. The number of carbonyl (C=O) groups is 1. The van der Waals surface area contributed by atoms with Crippen LogP contribution >= 0.6 is 11.6 Å². The van der Waals surface area contributed by atoms with Crippen molar-refractivity contribution in [3.63, 3.8) is 0 Å². The first kappa shape index (κ1) is 11.2. The smallest absolute Gasteiger partial charge is 0.407 e. The van der Waals surface area contributed by atoms with Crippen LogP contribution in [-0.4, -0.2) is 22.6 Å². The number of rotatable bonds is 1. The highest BCUT2D eigenvalue weighted by Gasteiger charge is 2.31. The van der Waals surface area contributed by atoms with E-state index in [0.717, 1.165) is 6.42 Å². The van der Waals surface area contributed by atoms with Gasteiger partial charge >= 0.3 is 6.09 Å². The number of carboxylic acid groups (broad SMARTS) is 1. The molecular weight excluding hydrogens is 233 g/mol. The summed E-state index contributed by atoms with van der Waals surface area (Å²) in [5.41, 5.74) is 0.407. The minimum atomic E-state index is -1.00. The summed E-state index contributed by atoms with van der Waals surface area (Å²) in [6, 6.07) is 3.98. The fourth-order valence-corrected chi connectivity index (χ4v) is 2.25. The van der Waals surface area contributed by atoms with Crippen molar-refractivity contribution in [3.8, 4) is 0 Å². The summed E-state index contributed by atoms with van der Waals surface area (Å²) in [7, 11) is 0. The summed E-state index contributed by atoms with van der Waals surface area (Å²) in [5.74, 6) is -0.439. The monoisotopic (exact) mass is 243 g/mol. The minimum absolute atomic E-state index is 0.320. The van der Waals surface area contributed by atoms with E-state index in [9.17, 15) is 9.18 Å². The molecule has 1 heterocycles. The van der Waals surface area contributed by atoms with Crippen LogP contribution < -0.4 is 0 Å². The fraction of sp³-hybridized carbons (Fsp3) is 0.364. The van der Waals surface area contributed by atoms with Crippen LogP contribution in [0.1, 0.15) is 24.4 Å². The lowest BCUT2D eigenvalue weighted by molar-refractivity contribution is 0.139. The molecule has 1 N–H and O–H groups in total. The summed E-state index contributed by atoms with van der Waals surface area (Å²) in [5, 5.41) is 9.29. The summed E-state index contributed by atoms with van der Waals surface area (Å²) in [6.45, 7) is 0.460. The van der Waals surface area contributed by atoms with Gasteiger partial charge in [0.15, 0.2) is 0 Å². The number of amides is 1. The van der Waals surface area contributed by atoms with Gasteiger partial charge in [-0.15, -0.1) is 0 Å². The van der Waals surface area contributed by atoms with E-state index in [2.05, 4.69) is 0 Å². The van der Waals surface area contributed by atoms with Crippen molar-refractivity contribution < 1.29 is 14.3 Å². The topological polar surface area (TPSA) is 40.5 Å². The molecule has 0 radical (unpaired) electrons. The SMILES string of the molecule is O=C(O)N1CCCC1c1ccc(Cl)cc1F. The van der Waals surface area contributed by atoms with E-state index in [0.29, 0.717) is 23.6 Å². The number of hydrogen-bond acceptors (Lipinski definition) is 1. The predicted octanol–water partition coefficient (Wildman–Crippen LogP) is 3.29. The molecule has 0 spiro atoms. The quantitative estimate of drug-likeness (QED) is 0.822. The first-order valence-electron chi connectivity index (χ1n) is 5.04. The molecule has 16 heavy (non-hydrogen) atoms. The number of halogens is 2. The second-order valence-corrected chi connectivity index (χ2v) is 4.24. The molecular formula is C11H11ClFNO2. The summed E-state index contributed by atoms with van der Waals surface area (Å²) in [6.07, 6.45) is 0.418. The predicted molar refractivity (Wildman–Crippen MR) is 58.1 cm³/mol. The Balaban J connectivity index is 2.32. The third kappa shape index (κ3) is 1.97. The van der Waals surface area contributed by atoms with E-state index in [1.165, 1.54) is 11.0 Å². The van der Waals surface area contributed by atoms with Crippen LogP contribution in [0.25, 0.3) is 0 Å². The molecule has 5 heteroatoms. The van der Waals surface area contributed by atoms with Crippen LogP contribution in [-0.2, 0) is 0 Å². The molecule has 1 aliphatic heterocycles. The van der Waals surface area contributed by atoms with Gasteiger partial charge in [-0.2, -0.15) is 0 Å². The van der Waals surface area contributed by atoms with Crippen molar-refractivity contribution in [2.24, 2.45) is 0 Å². The Bertz CT molecular complexity index is 424. The summed E-state index contributed by atoms with van der Waals surface area (Å²) >= 11 is 5.65. The van der Waals surface area contributed by atoms with Crippen molar-refractivity contribution in [1.82, 2.24) is 4.90 Å². The van der Waals surface area contributed by atoms with Gasteiger partial charge in [-0.1, -0.05) is 17.7 Å². The van der Waals surface area contributed by atoms with Gasteiger partial charge < -0.3 is 10.0 Å². The van der Waals surface area contributed by atoms with Gasteiger partial charge in [0.25, 0.3) is 0 Å². The summed E-state index contributed by atoms with van der Waals surface area (Å²) in [4.78, 5) is 12.2. The molecule has 1 saturated heterocycles. The zero-order valence-electron chi connectivity index (χ0n) is 8.49. The maximum atomic E-state index is 13.6. The van der Waals surface area contributed by atoms with Crippen LogP contribution in [0.5, 0.6) is 0 Å². The van der Waals surface area contributed by atoms with E-state index < -0.39 is 11.9 Å². The third-order valence-corrected chi connectivity index (χ3v) is 3.06. The highest BCUT2D eigenvalue weighted by atomic mass is 35.5. The Hall–Kier alpha value is -1.29. The van der Waals surface area contributed by atoms with Crippen molar-refractivity contribution in [3.05, 3.63) is 34.6 Å². The molecule has 2 rings (SSSR count). The van der Waals surface area contributed by atoms with Crippen LogP contribution in [0.2, 0.25) is 5.02 Å². The molecule has 0 bridgehead atoms. The molecule has 1 fully saturated rings. The Labute approximate surface area is 97.4 Å². The Morgan fingerprint density at radius 2 is 2.31 bits per heavy atom. The van der Waals surface area contributed by atoms with E-state index >= 15 is 0 Å². The second kappa shape index (κ2) is 4.29. The van der Waals surface area contributed by atoms with Gasteiger partial charge in [-0.25, -0.2) is 9.18 Å². The van der Waals surface area contributed by atoms with Crippen LogP contribution in [0.3, 0.4) is 0 Å². The van der Waals surface area contributed by atoms with E-state index in [-0.39, 0.29) is 6.04 Å². The largest absolute Gasteiger partial charge is 0.465 e. The van der Waals surface area contributed by atoms with Crippen molar-refractivity contribution >= 4 is 17.7 Å². The lowest BCUT2D eigenvalue weighted by atomic mass is 10.0. The first-order valence-corrected chi connectivity index (χ1v) is 5.42. The minimum Gasteiger partial charge on any atom is -0.465 e. The lowest BCUT2D eigenvalue weighted by Crippen LogP contribution is -2.29. The van der Waals surface area contributed by atoms with E-state index in [1.807, 2.05) is 0 Å². The highest BCUT2D eigenvalue weighted by molar-refractivity contribution is 6.30. The van der Waals surface area contributed by atoms with Gasteiger partial charge in [-0.05, 0) is 25.0 Å². The highest BCUT2D eigenvalue weighted by Crippen LogP contribution is 2.34. The Kier molecular flexibility index (Phi) is 3.01. The standard InChI is InChI=1S/C11H11ClFNO2/c12-7-3-4-8(9(13)6-7)10-2-1-5-14(10)11(15)16/h3-4,6,10H,1-2,5H2,(H,15,16). The van der Waals surface area contributed by atoms with Gasteiger partial charge in [0, 0.05) is 17.1 Å². The van der Waals surface area contributed by atoms with Gasteiger partial charge in [0.1, 0.15) is 5.82 Å². The van der Waals surface area contributed by atoms with Crippen molar-refractivity contribution in [2.75, 3.05) is 6.54 Å². The van der Waals surface area contributed by atoms with Gasteiger partial charge in [0.05, 0.1) is 6.04 Å². The maximum Gasteiger partial charge on any atom is 0.407 e. The van der Waals surface area contributed by atoms with E-state index in [1.54, 1.807) is 12.1 Å². The van der Waals surface area contributed by atoms with Crippen LogP contribution in [0, 0.1) is 5.82 Å².